The Kier molecular flexibility index (Phi) is 3.25. The zero-order valence-electron chi connectivity index (χ0n) is 7.36. The van der Waals surface area contributed by atoms with E-state index in [0.29, 0.717) is 6.42 Å². The summed E-state index contributed by atoms with van der Waals surface area (Å²) in [6.07, 6.45) is 3.80. The number of hydrogen-bond acceptors (Lipinski definition) is 4. The molecule has 0 bridgehead atoms. The van der Waals surface area contributed by atoms with Crippen LogP contribution in [0, 0.1) is 0 Å². The van der Waals surface area contributed by atoms with E-state index in [9.17, 15) is 9.90 Å². The van der Waals surface area contributed by atoms with Gasteiger partial charge in [0.25, 0.3) is 0 Å². The summed E-state index contributed by atoms with van der Waals surface area (Å²) in [6.45, 7) is 1.88. The molecule has 1 aromatic heterocycles. The maximum absolute atomic E-state index is 11.0. The number of esters is 1. The van der Waals surface area contributed by atoms with Crippen LogP contribution in [-0.4, -0.2) is 16.1 Å². The lowest BCUT2D eigenvalue weighted by Gasteiger charge is -2.03. The van der Waals surface area contributed by atoms with Gasteiger partial charge in [-0.1, -0.05) is 6.92 Å². The van der Waals surface area contributed by atoms with Gasteiger partial charge >= 0.3 is 5.97 Å². The van der Waals surface area contributed by atoms with Gasteiger partial charge in [0.2, 0.25) is 0 Å². The minimum absolute atomic E-state index is 0.0700. The molecule has 70 valence electrons. The fraction of sp³-hybridized carbons (Fsp3) is 0.333. The third-order valence-electron chi connectivity index (χ3n) is 1.44. The van der Waals surface area contributed by atoms with Crippen LogP contribution in [0.4, 0.5) is 0 Å². The second kappa shape index (κ2) is 4.45. The number of hydrogen-bond donors (Lipinski definition) is 1. The number of aromatic nitrogens is 1. The van der Waals surface area contributed by atoms with E-state index in [1.807, 2.05) is 6.92 Å². The van der Waals surface area contributed by atoms with E-state index in [2.05, 4.69) is 4.98 Å². The molecule has 0 saturated carbocycles. The predicted molar refractivity (Wildman–Crippen MR) is 46.4 cm³/mol. The van der Waals surface area contributed by atoms with Crippen molar-refractivity contribution in [2.75, 3.05) is 0 Å². The molecule has 4 nitrogen and oxygen atoms in total. The molecule has 0 unspecified atom stereocenters. The Hall–Kier alpha value is -1.58. The molecule has 0 fully saturated rings. The predicted octanol–water partition coefficient (Wildman–Crippen LogP) is 1.49. The van der Waals surface area contributed by atoms with Gasteiger partial charge < -0.3 is 9.84 Å². The molecule has 0 radical (unpaired) electrons. The second-order valence-electron chi connectivity index (χ2n) is 2.57. The number of ether oxygens (including phenoxy) is 1. The molecular formula is C9H11NO3. The number of rotatable bonds is 3. The lowest BCUT2D eigenvalue weighted by Crippen LogP contribution is -2.06. The van der Waals surface area contributed by atoms with Crippen molar-refractivity contribution in [1.29, 1.82) is 0 Å². The Labute approximate surface area is 76.2 Å². The molecule has 0 aliphatic heterocycles. The molecule has 1 N–H and O–H groups in total. The highest BCUT2D eigenvalue weighted by Gasteiger charge is 2.06. The molecule has 1 heterocycles. The van der Waals surface area contributed by atoms with Crippen molar-refractivity contribution in [3.8, 4) is 11.5 Å². The Morgan fingerprint density at radius 2 is 2.46 bits per heavy atom. The Balaban J connectivity index is 2.63. The van der Waals surface area contributed by atoms with E-state index in [0.717, 1.165) is 6.42 Å². The summed E-state index contributed by atoms with van der Waals surface area (Å²) in [6, 6.07) is 1.37. The third kappa shape index (κ3) is 2.74. The number of pyridine rings is 1. The highest BCUT2D eigenvalue weighted by molar-refractivity contribution is 5.72. The molecule has 4 heteroatoms. The van der Waals surface area contributed by atoms with E-state index < -0.39 is 0 Å². The second-order valence-corrected chi connectivity index (χ2v) is 2.57. The zero-order chi connectivity index (χ0) is 9.68. The first-order valence-electron chi connectivity index (χ1n) is 4.07. The number of carbonyl (C=O) groups excluding carboxylic acids is 1. The van der Waals surface area contributed by atoms with Crippen LogP contribution in [0.25, 0.3) is 0 Å². The summed E-state index contributed by atoms with van der Waals surface area (Å²) in [5, 5.41) is 9.21. The summed E-state index contributed by atoms with van der Waals surface area (Å²) in [7, 11) is 0. The van der Waals surface area contributed by atoms with Crippen LogP contribution >= 0.6 is 0 Å². The number of carbonyl (C=O) groups is 1. The first kappa shape index (κ1) is 9.51. The highest BCUT2D eigenvalue weighted by atomic mass is 16.5. The van der Waals surface area contributed by atoms with Gasteiger partial charge in [-0.3, -0.25) is 9.78 Å². The van der Waals surface area contributed by atoms with Crippen molar-refractivity contribution in [1.82, 2.24) is 4.98 Å². The van der Waals surface area contributed by atoms with E-state index in [-0.39, 0.29) is 17.5 Å². The summed E-state index contributed by atoms with van der Waals surface area (Å²) in [4.78, 5) is 14.7. The number of nitrogens with zero attached hydrogens (tertiary/aromatic N) is 1. The van der Waals surface area contributed by atoms with E-state index >= 15 is 0 Å². The smallest absolute Gasteiger partial charge is 0.311 e. The fourth-order valence-electron chi connectivity index (χ4n) is 0.829. The van der Waals surface area contributed by atoms with Crippen LogP contribution in [0.15, 0.2) is 18.5 Å². The van der Waals surface area contributed by atoms with Crippen molar-refractivity contribution >= 4 is 5.97 Å². The molecule has 0 aliphatic rings. The van der Waals surface area contributed by atoms with Gasteiger partial charge in [0.05, 0.1) is 6.20 Å². The lowest BCUT2D eigenvalue weighted by atomic mass is 10.3. The van der Waals surface area contributed by atoms with Gasteiger partial charge in [-0.15, -0.1) is 0 Å². The SMILES string of the molecule is CCCC(=O)Oc1cnccc1O. The van der Waals surface area contributed by atoms with Gasteiger partial charge in [0.1, 0.15) is 0 Å². The first-order chi connectivity index (χ1) is 6.24. The number of aromatic hydroxyl groups is 1. The van der Waals surface area contributed by atoms with Crippen LogP contribution in [0.3, 0.4) is 0 Å². The van der Waals surface area contributed by atoms with Crippen LogP contribution in [0.2, 0.25) is 0 Å². The largest absolute Gasteiger partial charge is 0.504 e. The minimum Gasteiger partial charge on any atom is -0.504 e. The molecule has 1 aromatic rings. The normalized spacial score (nSPS) is 9.62. The molecule has 0 spiro atoms. The lowest BCUT2D eigenvalue weighted by molar-refractivity contribution is -0.134. The molecule has 0 amide bonds. The van der Waals surface area contributed by atoms with Crippen molar-refractivity contribution in [3.63, 3.8) is 0 Å². The maximum atomic E-state index is 11.0. The molecule has 0 aromatic carbocycles. The maximum Gasteiger partial charge on any atom is 0.311 e. The van der Waals surface area contributed by atoms with Crippen molar-refractivity contribution < 1.29 is 14.6 Å². The standard InChI is InChI=1S/C9H11NO3/c1-2-3-9(12)13-8-6-10-5-4-7(8)11/h4-6H,2-3H2,1H3,(H,10,11). The molecule has 1 rings (SSSR count). The van der Waals surface area contributed by atoms with E-state index in [1.165, 1.54) is 18.5 Å². The average Bonchev–Trinajstić information content (AvgIpc) is 2.09. The van der Waals surface area contributed by atoms with Crippen molar-refractivity contribution in [2.45, 2.75) is 19.8 Å². The monoisotopic (exact) mass is 181 g/mol. The molecule has 0 atom stereocenters. The Morgan fingerprint density at radius 1 is 1.69 bits per heavy atom. The van der Waals surface area contributed by atoms with Gasteiger partial charge in [0, 0.05) is 18.7 Å². The Morgan fingerprint density at radius 3 is 3.08 bits per heavy atom. The van der Waals surface area contributed by atoms with Gasteiger partial charge in [-0.25, -0.2) is 0 Å². The summed E-state index contributed by atoms with van der Waals surface area (Å²) in [5.41, 5.74) is 0. The molecular weight excluding hydrogens is 170 g/mol. The van der Waals surface area contributed by atoms with E-state index in [1.54, 1.807) is 0 Å². The molecule has 0 saturated heterocycles. The molecule has 0 aliphatic carbocycles. The van der Waals surface area contributed by atoms with Gasteiger partial charge in [0.15, 0.2) is 11.5 Å². The van der Waals surface area contributed by atoms with Crippen LogP contribution in [0.5, 0.6) is 11.5 Å². The van der Waals surface area contributed by atoms with Gasteiger partial charge in [-0.05, 0) is 6.42 Å². The fourth-order valence-corrected chi connectivity index (χ4v) is 0.829. The van der Waals surface area contributed by atoms with Crippen molar-refractivity contribution in [3.05, 3.63) is 18.5 Å². The van der Waals surface area contributed by atoms with Crippen LogP contribution in [0.1, 0.15) is 19.8 Å². The third-order valence-corrected chi connectivity index (χ3v) is 1.44. The quantitative estimate of drug-likeness (QED) is 0.718. The molecule has 13 heavy (non-hydrogen) atoms. The summed E-state index contributed by atoms with van der Waals surface area (Å²) >= 11 is 0. The van der Waals surface area contributed by atoms with E-state index in [4.69, 9.17) is 4.74 Å². The average molecular weight is 181 g/mol. The topological polar surface area (TPSA) is 59.4 Å². The Bertz CT molecular complexity index is 299. The zero-order valence-corrected chi connectivity index (χ0v) is 7.36. The minimum atomic E-state index is -0.356. The summed E-state index contributed by atoms with van der Waals surface area (Å²) in [5.74, 6) is -0.314. The van der Waals surface area contributed by atoms with Crippen LogP contribution < -0.4 is 4.74 Å². The van der Waals surface area contributed by atoms with Crippen molar-refractivity contribution in [2.24, 2.45) is 0 Å². The highest BCUT2D eigenvalue weighted by Crippen LogP contribution is 2.23. The van der Waals surface area contributed by atoms with Gasteiger partial charge in [-0.2, -0.15) is 0 Å². The van der Waals surface area contributed by atoms with Crippen LogP contribution in [-0.2, 0) is 4.79 Å². The first-order valence-corrected chi connectivity index (χ1v) is 4.07. The summed E-state index contributed by atoms with van der Waals surface area (Å²) < 4.78 is 4.83.